The number of hydrogen-bond donors (Lipinski definition) is 1. The van der Waals surface area contributed by atoms with Crippen molar-refractivity contribution in [2.45, 2.75) is 19.9 Å². The lowest BCUT2D eigenvalue weighted by Gasteiger charge is -2.48. The van der Waals surface area contributed by atoms with Gasteiger partial charge >= 0.3 is 0 Å². The Bertz CT molecular complexity index is 418. The molecule has 18 heavy (non-hydrogen) atoms. The van der Waals surface area contributed by atoms with Gasteiger partial charge in [0.15, 0.2) is 0 Å². The third kappa shape index (κ3) is 2.25. The number of benzene rings is 1. The van der Waals surface area contributed by atoms with E-state index in [-0.39, 0.29) is 0 Å². The van der Waals surface area contributed by atoms with Crippen LogP contribution in [-0.2, 0) is 0 Å². The molecule has 0 aliphatic carbocycles. The van der Waals surface area contributed by atoms with Crippen molar-refractivity contribution in [3.8, 4) is 0 Å². The summed E-state index contributed by atoms with van der Waals surface area (Å²) in [5, 5.41) is 3.42. The van der Waals surface area contributed by atoms with Crippen molar-refractivity contribution in [2.75, 3.05) is 44.2 Å². The molecule has 3 rings (SSSR count). The minimum absolute atomic E-state index is 0.770. The Morgan fingerprint density at radius 2 is 1.83 bits per heavy atom. The second-order valence-corrected chi connectivity index (χ2v) is 5.63. The topological polar surface area (TPSA) is 18.5 Å². The van der Waals surface area contributed by atoms with Crippen LogP contribution in [0, 0.1) is 13.8 Å². The van der Waals surface area contributed by atoms with E-state index in [1.807, 2.05) is 0 Å². The Morgan fingerprint density at radius 1 is 1.11 bits per heavy atom. The summed E-state index contributed by atoms with van der Waals surface area (Å²) in [5.41, 5.74) is 4.20. The van der Waals surface area contributed by atoms with Gasteiger partial charge in [-0.25, -0.2) is 0 Å². The molecule has 3 heteroatoms. The van der Waals surface area contributed by atoms with E-state index in [0.717, 1.165) is 19.1 Å². The Labute approximate surface area is 110 Å². The van der Waals surface area contributed by atoms with E-state index < -0.39 is 0 Å². The van der Waals surface area contributed by atoms with Gasteiger partial charge in [0.05, 0.1) is 0 Å². The van der Waals surface area contributed by atoms with Crippen LogP contribution < -0.4 is 10.2 Å². The molecule has 0 amide bonds. The summed E-state index contributed by atoms with van der Waals surface area (Å²) in [6, 6.07) is 7.53. The number of rotatable bonds is 2. The van der Waals surface area contributed by atoms with E-state index >= 15 is 0 Å². The molecule has 0 atom stereocenters. The van der Waals surface area contributed by atoms with Gasteiger partial charge in [-0.3, -0.25) is 4.90 Å². The highest BCUT2D eigenvalue weighted by Gasteiger charge is 2.32. The van der Waals surface area contributed by atoms with Crippen molar-refractivity contribution in [1.29, 1.82) is 0 Å². The van der Waals surface area contributed by atoms with Crippen LogP contribution in [-0.4, -0.2) is 50.2 Å². The maximum Gasteiger partial charge on any atom is 0.0447 e. The molecule has 0 aromatic heterocycles. The first-order chi connectivity index (χ1) is 8.74. The molecule has 98 valence electrons. The molecular formula is C15H23N3. The molecule has 0 radical (unpaired) electrons. The van der Waals surface area contributed by atoms with Crippen molar-refractivity contribution >= 4 is 5.69 Å². The van der Waals surface area contributed by atoms with Crippen LogP contribution in [0.15, 0.2) is 18.2 Å². The molecule has 2 saturated heterocycles. The predicted octanol–water partition coefficient (Wildman–Crippen LogP) is 1.40. The minimum Gasteiger partial charge on any atom is -0.368 e. The van der Waals surface area contributed by atoms with Gasteiger partial charge in [0.1, 0.15) is 0 Å². The Balaban J connectivity index is 1.62. The summed E-state index contributed by atoms with van der Waals surface area (Å²) in [4.78, 5) is 5.16. The lowest BCUT2D eigenvalue weighted by Crippen LogP contribution is -2.63. The summed E-state index contributed by atoms with van der Waals surface area (Å²) in [7, 11) is 0. The molecule has 0 spiro atoms. The fraction of sp³-hybridized carbons (Fsp3) is 0.600. The lowest BCUT2D eigenvalue weighted by molar-refractivity contribution is 0.147. The van der Waals surface area contributed by atoms with E-state index in [1.165, 1.54) is 43.0 Å². The molecule has 1 N–H and O–H groups in total. The lowest BCUT2D eigenvalue weighted by atomic mass is 10.0. The van der Waals surface area contributed by atoms with Crippen LogP contribution in [0.25, 0.3) is 0 Å². The highest BCUT2D eigenvalue weighted by atomic mass is 15.3. The molecule has 0 bridgehead atoms. The fourth-order valence-corrected chi connectivity index (χ4v) is 2.99. The summed E-state index contributed by atoms with van der Waals surface area (Å²) in [5.74, 6) is 0. The van der Waals surface area contributed by atoms with Crippen LogP contribution in [0.1, 0.15) is 11.1 Å². The van der Waals surface area contributed by atoms with Crippen molar-refractivity contribution in [2.24, 2.45) is 0 Å². The molecule has 2 aliphatic heterocycles. The van der Waals surface area contributed by atoms with Crippen molar-refractivity contribution in [1.82, 2.24) is 10.2 Å². The maximum atomic E-state index is 3.42. The molecule has 3 nitrogen and oxygen atoms in total. The predicted molar refractivity (Wildman–Crippen MR) is 76.4 cm³/mol. The van der Waals surface area contributed by atoms with E-state index in [0.29, 0.717) is 0 Å². The molecule has 2 aliphatic rings. The first kappa shape index (κ1) is 12.0. The van der Waals surface area contributed by atoms with Gasteiger partial charge in [-0.05, 0) is 31.0 Å². The second kappa shape index (κ2) is 4.90. The van der Waals surface area contributed by atoms with E-state index in [1.54, 1.807) is 0 Å². The van der Waals surface area contributed by atoms with Gasteiger partial charge in [-0.1, -0.05) is 12.1 Å². The highest BCUT2D eigenvalue weighted by Crippen LogP contribution is 2.27. The second-order valence-electron chi connectivity index (χ2n) is 5.63. The van der Waals surface area contributed by atoms with Crippen molar-refractivity contribution < 1.29 is 0 Å². The highest BCUT2D eigenvalue weighted by molar-refractivity contribution is 5.57. The van der Waals surface area contributed by atoms with E-state index in [9.17, 15) is 0 Å². The smallest absolute Gasteiger partial charge is 0.0447 e. The number of hydrogen-bond acceptors (Lipinski definition) is 3. The number of aryl methyl sites for hydroxylation is 2. The molecule has 1 aromatic rings. The standard InChI is InChI=1S/C15H23N3/c1-12-3-4-13(2)15(9-12)18-10-14(11-18)17-7-5-16-6-8-17/h3-4,9,14,16H,5-8,10-11H2,1-2H3. The monoisotopic (exact) mass is 245 g/mol. The maximum absolute atomic E-state index is 3.42. The molecule has 1 aromatic carbocycles. The number of nitrogens with one attached hydrogen (secondary N) is 1. The summed E-state index contributed by atoms with van der Waals surface area (Å²) < 4.78 is 0. The molecule has 0 unspecified atom stereocenters. The van der Waals surface area contributed by atoms with Gasteiger partial charge in [-0.2, -0.15) is 0 Å². The van der Waals surface area contributed by atoms with Crippen LogP contribution in [0.3, 0.4) is 0 Å². The van der Waals surface area contributed by atoms with Crippen molar-refractivity contribution in [3.05, 3.63) is 29.3 Å². The third-order valence-corrected chi connectivity index (χ3v) is 4.24. The van der Waals surface area contributed by atoms with Crippen LogP contribution >= 0.6 is 0 Å². The number of nitrogens with zero attached hydrogens (tertiary/aromatic N) is 2. The first-order valence-electron chi connectivity index (χ1n) is 7.01. The van der Waals surface area contributed by atoms with Gasteiger partial charge in [0.2, 0.25) is 0 Å². The SMILES string of the molecule is Cc1ccc(C)c(N2CC(N3CCNCC3)C2)c1. The zero-order valence-corrected chi connectivity index (χ0v) is 11.4. The average Bonchev–Trinajstić information content (AvgIpc) is 2.33. The Kier molecular flexibility index (Phi) is 3.27. The summed E-state index contributed by atoms with van der Waals surface area (Å²) in [6.45, 7) is 11.5. The largest absolute Gasteiger partial charge is 0.368 e. The molecule has 2 fully saturated rings. The summed E-state index contributed by atoms with van der Waals surface area (Å²) >= 11 is 0. The first-order valence-corrected chi connectivity index (χ1v) is 7.01. The normalized spacial score (nSPS) is 22.0. The fourth-order valence-electron chi connectivity index (χ4n) is 2.99. The van der Waals surface area contributed by atoms with Gasteiger partial charge in [0, 0.05) is 51.0 Å². The van der Waals surface area contributed by atoms with Gasteiger partial charge in [0.25, 0.3) is 0 Å². The van der Waals surface area contributed by atoms with Crippen LogP contribution in [0.2, 0.25) is 0 Å². The average molecular weight is 245 g/mol. The molecular weight excluding hydrogens is 222 g/mol. The molecule has 2 heterocycles. The Hall–Kier alpha value is -1.06. The van der Waals surface area contributed by atoms with Crippen LogP contribution in [0.4, 0.5) is 5.69 Å². The van der Waals surface area contributed by atoms with Gasteiger partial charge < -0.3 is 10.2 Å². The zero-order valence-electron chi connectivity index (χ0n) is 11.4. The van der Waals surface area contributed by atoms with E-state index in [4.69, 9.17) is 0 Å². The Morgan fingerprint density at radius 3 is 2.56 bits per heavy atom. The zero-order chi connectivity index (χ0) is 12.5. The number of anilines is 1. The van der Waals surface area contributed by atoms with Crippen LogP contribution in [0.5, 0.6) is 0 Å². The van der Waals surface area contributed by atoms with Crippen molar-refractivity contribution in [3.63, 3.8) is 0 Å². The number of piperazine rings is 1. The minimum atomic E-state index is 0.770. The quantitative estimate of drug-likeness (QED) is 0.849. The van der Waals surface area contributed by atoms with E-state index in [2.05, 4.69) is 47.2 Å². The molecule has 0 saturated carbocycles. The summed E-state index contributed by atoms with van der Waals surface area (Å²) in [6.07, 6.45) is 0. The van der Waals surface area contributed by atoms with Gasteiger partial charge in [-0.15, -0.1) is 0 Å². The third-order valence-electron chi connectivity index (χ3n) is 4.24.